The number of alkyl halides is 1. The Hall–Kier alpha value is -0.930. The van der Waals surface area contributed by atoms with Crippen LogP contribution in [0.1, 0.15) is 13.3 Å². The zero-order valence-corrected chi connectivity index (χ0v) is 10.4. The Bertz CT molecular complexity index is 369. The first-order chi connectivity index (χ1) is 7.67. The van der Waals surface area contributed by atoms with Crippen molar-refractivity contribution in [2.24, 2.45) is 0 Å². The first-order valence-corrected chi connectivity index (χ1v) is 5.86. The molecule has 5 heteroatoms. The van der Waals surface area contributed by atoms with Gasteiger partial charge in [-0.2, -0.15) is 0 Å². The number of benzene rings is 1. The summed E-state index contributed by atoms with van der Waals surface area (Å²) in [5.74, 6) is 0.783. The molecule has 3 nitrogen and oxygen atoms in total. The van der Waals surface area contributed by atoms with Gasteiger partial charge in [0.25, 0.3) is 0 Å². The molecule has 88 valence electrons. The molecule has 1 rings (SSSR count). The number of nitrogens with one attached hydrogen (secondary N) is 1. The maximum atomic E-state index is 11.3. The molecule has 16 heavy (non-hydrogen) atoms. The molecule has 0 saturated heterocycles. The van der Waals surface area contributed by atoms with Gasteiger partial charge in [-0.15, -0.1) is 11.6 Å². The molecule has 0 bridgehead atoms. The number of halogens is 2. The second-order valence-corrected chi connectivity index (χ2v) is 3.85. The molecule has 0 radical (unpaired) electrons. The highest BCUT2D eigenvalue weighted by Gasteiger charge is 2.05. The highest BCUT2D eigenvalue weighted by Crippen LogP contribution is 2.27. The van der Waals surface area contributed by atoms with Crippen LogP contribution in [0.15, 0.2) is 18.2 Å². The zero-order chi connectivity index (χ0) is 12.0. The van der Waals surface area contributed by atoms with Crippen molar-refractivity contribution < 1.29 is 9.53 Å². The second kappa shape index (κ2) is 6.61. The lowest BCUT2D eigenvalue weighted by atomic mass is 10.3. The molecule has 1 N–H and O–H groups in total. The summed E-state index contributed by atoms with van der Waals surface area (Å²) in [6.45, 7) is 2.43. The van der Waals surface area contributed by atoms with E-state index in [2.05, 4.69) is 5.32 Å². The highest BCUT2D eigenvalue weighted by molar-refractivity contribution is 6.32. The number of amides is 1. The van der Waals surface area contributed by atoms with Crippen LogP contribution in [0.4, 0.5) is 5.69 Å². The number of hydrogen-bond acceptors (Lipinski definition) is 2. The van der Waals surface area contributed by atoms with Crippen LogP contribution in [0, 0.1) is 0 Å². The van der Waals surface area contributed by atoms with Gasteiger partial charge in [-0.3, -0.25) is 4.79 Å². The van der Waals surface area contributed by atoms with E-state index >= 15 is 0 Å². The number of carbonyl (C=O) groups excluding carboxylic acids is 1. The SMILES string of the molecule is CCOc1ccc(NC(=O)CCCl)cc1Cl. The predicted molar refractivity (Wildman–Crippen MR) is 66.6 cm³/mol. The minimum Gasteiger partial charge on any atom is -0.492 e. The van der Waals surface area contributed by atoms with Crippen molar-refractivity contribution in [1.82, 2.24) is 0 Å². The molecule has 0 atom stereocenters. The van der Waals surface area contributed by atoms with E-state index in [-0.39, 0.29) is 12.3 Å². The molecule has 0 unspecified atom stereocenters. The fourth-order valence-corrected chi connectivity index (χ4v) is 1.57. The minimum absolute atomic E-state index is 0.129. The molecule has 0 aromatic heterocycles. The zero-order valence-electron chi connectivity index (χ0n) is 8.93. The van der Waals surface area contributed by atoms with Gasteiger partial charge in [0.05, 0.1) is 11.6 Å². The summed E-state index contributed by atoms with van der Waals surface area (Å²) in [6, 6.07) is 5.11. The van der Waals surface area contributed by atoms with Gasteiger partial charge in [0, 0.05) is 18.0 Å². The molecule has 1 aromatic carbocycles. The van der Waals surface area contributed by atoms with Crippen molar-refractivity contribution in [1.29, 1.82) is 0 Å². The lowest BCUT2D eigenvalue weighted by molar-refractivity contribution is -0.115. The minimum atomic E-state index is -0.129. The van der Waals surface area contributed by atoms with Crippen LogP contribution < -0.4 is 10.1 Å². The van der Waals surface area contributed by atoms with Crippen LogP contribution in [0.2, 0.25) is 5.02 Å². The number of ether oxygens (including phenoxy) is 1. The van der Waals surface area contributed by atoms with Crippen molar-refractivity contribution in [3.63, 3.8) is 0 Å². The molecule has 0 spiro atoms. The first-order valence-electron chi connectivity index (χ1n) is 4.95. The van der Waals surface area contributed by atoms with Gasteiger partial charge < -0.3 is 10.1 Å². The second-order valence-electron chi connectivity index (χ2n) is 3.07. The van der Waals surface area contributed by atoms with Crippen LogP contribution in [-0.2, 0) is 4.79 Å². The van der Waals surface area contributed by atoms with Crippen LogP contribution in [0.25, 0.3) is 0 Å². The number of carbonyl (C=O) groups is 1. The summed E-state index contributed by atoms with van der Waals surface area (Å²) in [6.07, 6.45) is 0.284. The highest BCUT2D eigenvalue weighted by atomic mass is 35.5. The lowest BCUT2D eigenvalue weighted by Gasteiger charge is -2.08. The smallest absolute Gasteiger partial charge is 0.225 e. The van der Waals surface area contributed by atoms with Crippen LogP contribution >= 0.6 is 23.2 Å². The molecule has 0 saturated carbocycles. The molecule has 0 aliphatic rings. The third-order valence-electron chi connectivity index (χ3n) is 1.84. The van der Waals surface area contributed by atoms with Gasteiger partial charge in [-0.25, -0.2) is 0 Å². The Balaban J connectivity index is 2.69. The quantitative estimate of drug-likeness (QED) is 0.827. The average molecular weight is 262 g/mol. The average Bonchev–Trinajstić information content (AvgIpc) is 2.22. The Morgan fingerprint density at radius 3 is 2.81 bits per heavy atom. The maximum absolute atomic E-state index is 11.3. The number of hydrogen-bond donors (Lipinski definition) is 1. The Labute approximate surface area is 105 Å². The molecule has 1 aromatic rings. The summed E-state index contributed by atoms with van der Waals surface area (Å²) in [4.78, 5) is 11.3. The summed E-state index contributed by atoms with van der Waals surface area (Å²) >= 11 is 11.4. The summed E-state index contributed by atoms with van der Waals surface area (Å²) in [5.41, 5.74) is 0.642. The number of rotatable bonds is 5. The van der Waals surface area contributed by atoms with Crippen molar-refractivity contribution >= 4 is 34.8 Å². The predicted octanol–water partition coefficient (Wildman–Crippen LogP) is 3.31. The van der Waals surface area contributed by atoms with E-state index in [4.69, 9.17) is 27.9 Å². The van der Waals surface area contributed by atoms with E-state index in [0.29, 0.717) is 28.9 Å². The van der Waals surface area contributed by atoms with Crippen molar-refractivity contribution in [2.75, 3.05) is 17.8 Å². The molecular weight excluding hydrogens is 249 g/mol. The normalized spacial score (nSPS) is 9.94. The van der Waals surface area contributed by atoms with Crippen molar-refractivity contribution in [2.45, 2.75) is 13.3 Å². The number of anilines is 1. The Kier molecular flexibility index (Phi) is 5.43. The van der Waals surface area contributed by atoms with Crippen LogP contribution in [-0.4, -0.2) is 18.4 Å². The summed E-state index contributed by atoms with van der Waals surface area (Å²) in [7, 11) is 0. The molecule has 0 aliphatic carbocycles. The van der Waals surface area contributed by atoms with E-state index in [1.807, 2.05) is 6.92 Å². The third-order valence-corrected chi connectivity index (χ3v) is 2.32. The van der Waals surface area contributed by atoms with E-state index in [0.717, 1.165) is 0 Å². The standard InChI is InChI=1S/C11H13Cl2NO2/c1-2-16-10-4-3-8(7-9(10)13)14-11(15)5-6-12/h3-4,7H,2,5-6H2,1H3,(H,14,15). The Morgan fingerprint density at radius 1 is 1.50 bits per heavy atom. The van der Waals surface area contributed by atoms with Crippen molar-refractivity contribution in [3.05, 3.63) is 23.2 Å². The fourth-order valence-electron chi connectivity index (χ4n) is 1.16. The summed E-state index contributed by atoms with van der Waals surface area (Å²) in [5, 5.41) is 3.17. The molecule has 1 amide bonds. The lowest BCUT2D eigenvalue weighted by Crippen LogP contribution is -2.11. The van der Waals surface area contributed by atoms with Gasteiger partial charge in [0.1, 0.15) is 5.75 Å². The monoisotopic (exact) mass is 261 g/mol. The van der Waals surface area contributed by atoms with Gasteiger partial charge in [-0.05, 0) is 25.1 Å². The maximum Gasteiger partial charge on any atom is 0.225 e. The van der Waals surface area contributed by atoms with E-state index in [9.17, 15) is 4.79 Å². The molecule has 0 fully saturated rings. The van der Waals surface area contributed by atoms with Gasteiger partial charge >= 0.3 is 0 Å². The fraction of sp³-hybridized carbons (Fsp3) is 0.364. The third kappa shape index (κ3) is 3.91. The Morgan fingerprint density at radius 2 is 2.25 bits per heavy atom. The molecular formula is C11H13Cl2NO2. The van der Waals surface area contributed by atoms with Crippen molar-refractivity contribution in [3.8, 4) is 5.75 Å². The molecule has 0 heterocycles. The van der Waals surface area contributed by atoms with Gasteiger partial charge in [0.2, 0.25) is 5.91 Å². The van der Waals surface area contributed by atoms with Crippen LogP contribution in [0.3, 0.4) is 0 Å². The first kappa shape index (κ1) is 13.1. The van der Waals surface area contributed by atoms with E-state index in [1.165, 1.54) is 0 Å². The van der Waals surface area contributed by atoms with E-state index < -0.39 is 0 Å². The summed E-state index contributed by atoms with van der Waals surface area (Å²) < 4.78 is 5.28. The van der Waals surface area contributed by atoms with Crippen LogP contribution in [0.5, 0.6) is 5.75 Å². The topological polar surface area (TPSA) is 38.3 Å². The van der Waals surface area contributed by atoms with Gasteiger partial charge in [0.15, 0.2) is 0 Å². The largest absolute Gasteiger partial charge is 0.492 e. The van der Waals surface area contributed by atoms with E-state index in [1.54, 1.807) is 18.2 Å². The van der Waals surface area contributed by atoms with Gasteiger partial charge in [-0.1, -0.05) is 11.6 Å². The molecule has 0 aliphatic heterocycles.